The molecule has 2 aliphatic rings. The van der Waals surface area contributed by atoms with E-state index in [9.17, 15) is 14.5 Å². The van der Waals surface area contributed by atoms with Crippen LogP contribution in [0.2, 0.25) is 0 Å². The highest BCUT2D eigenvalue weighted by atomic mass is 19.1. The number of hydrogen-bond acceptors (Lipinski definition) is 3. The maximum atomic E-state index is 13.2. The average molecular weight is 326 g/mol. The molecule has 2 fully saturated rings. The monoisotopic (exact) mass is 326 g/mol. The van der Waals surface area contributed by atoms with Gasteiger partial charge in [-0.25, -0.2) is 4.39 Å². The van der Waals surface area contributed by atoms with E-state index >= 15 is 0 Å². The third kappa shape index (κ3) is 2.49. The van der Waals surface area contributed by atoms with Crippen molar-refractivity contribution in [1.82, 2.24) is 4.90 Å². The summed E-state index contributed by atoms with van der Waals surface area (Å²) in [7, 11) is 0. The molecule has 5 heteroatoms. The van der Waals surface area contributed by atoms with Gasteiger partial charge in [-0.3, -0.25) is 15.0 Å². The molecule has 0 unspecified atom stereocenters. The predicted molar refractivity (Wildman–Crippen MR) is 88.7 cm³/mol. The molecule has 2 aliphatic heterocycles. The Morgan fingerprint density at radius 2 is 1.71 bits per heavy atom. The summed E-state index contributed by atoms with van der Waals surface area (Å²) in [6.07, 6.45) is 1.82. The van der Waals surface area contributed by atoms with E-state index in [1.807, 2.05) is 18.2 Å². The van der Waals surface area contributed by atoms with Gasteiger partial charge in [0.25, 0.3) is 0 Å². The minimum atomic E-state index is -0.613. The molecule has 0 N–H and O–H groups in total. The van der Waals surface area contributed by atoms with Crippen molar-refractivity contribution < 1.29 is 9.31 Å². The van der Waals surface area contributed by atoms with Crippen LogP contribution in [-0.4, -0.2) is 27.9 Å². The standard InChI is InChI=1S/C19H19FN2O2/c20-15-8-6-14(7-9-15)18-16-10-11-17(19(18)22(23)24)21(16)12-13-4-2-1-3-5-13/h1-9,16-19H,10-12H2/t16-,17-,18-,19-/m1/s1. The van der Waals surface area contributed by atoms with Gasteiger partial charge in [-0.2, -0.15) is 0 Å². The van der Waals surface area contributed by atoms with Gasteiger partial charge >= 0.3 is 0 Å². The zero-order valence-electron chi connectivity index (χ0n) is 13.2. The molecule has 2 aromatic rings. The van der Waals surface area contributed by atoms with Crippen LogP contribution in [0.25, 0.3) is 0 Å². The molecule has 0 aromatic heterocycles. The first-order chi connectivity index (χ1) is 11.6. The molecule has 2 bridgehead atoms. The van der Waals surface area contributed by atoms with Gasteiger partial charge in [-0.05, 0) is 36.1 Å². The summed E-state index contributed by atoms with van der Waals surface area (Å²) in [6.45, 7) is 0.734. The van der Waals surface area contributed by atoms with Crippen LogP contribution >= 0.6 is 0 Å². The molecule has 2 heterocycles. The van der Waals surface area contributed by atoms with Crippen molar-refractivity contribution in [3.05, 3.63) is 81.7 Å². The van der Waals surface area contributed by atoms with E-state index in [0.717, 1.165) is 24.9 Å². The van der Waals surface area contributed by atoms with Gasteiger partial charge in [0.15, 0.2) is 0 Å². The zero-order chi connectivity index (χ0) is 16.7. The molecule has 124 valence electrons. The molecular weight excluding hydrogens is 307 g/mol. The summed E-state index contributed by atoms with van der Waals surface area (Å²) in [6, 6.07) is 15.8. The maximum absolute atomic E-state index is 13.2. The van der Waals surface area contributed by atoms with Gasteiger partial charge < -0.3 is 0 Å². The maximum Gasteiger partial charge on any atom is 0.236 e. The highest BCUT2D eigenvalue weighted by molar-refractivity contribution is 5.29. The summed E-state index contributed by atoms with van der Waals surface area (Å²) in [4.78, 5) is 13.9. The van der Waals surface area contributed by atoms with E-state index in [1.54, 1.807) is 12.1 Å². The van der Waals surface area contributed by atoms with Crippen molar-refractivity contribution in [2.45, 2.75) is 43.4 Å². The van der Waals surface area contributed by atoms with Gasteiger partial charge in [0.2, 0.25) is 6.04 Å². The number of halogens is 1. The molecule has 0 radical (unpaired) electrons. The minimum Gasteiger partial charge on any atom is -0.286 e. The lowest BCUT2D eigenvalue weighted by molar-refractivity contribution is -0.529. The zero-order valence-corrected chi connectivity index (χ0v) is 13.2. The van der Waals surface area contributed by atoms with E-state index in [2.05, 4.69) is 17.0 Å². The fourth-order valence-corrected chi connectivity index (χ4v) is 4.54. The average Bonchev–Trinajstić information content (AvgIpc) is 3.11. The number of nitro groups is 1. The molecular formula is C19H19FN2O2. The first-order valence-electron chi connectivity index (χ1n) is 8.34. The number of rotatable bonds is 4. The largest absolute Gasteiger partial charge is 0.286 e. The third-order valence-corrected chi connectivity index (χ3v) is 5.49. The molecule has 4 nitrogen and oxygen atoms in total. The first kappa shape index (κ1) is 15.3. The smallest absolute Gasteiger partial charge is 0.236 e. The van der Waals surface area contributed by atoms with Gasteiger partial charge in [0.1, 0.15) is 5.82 Å². The quantitative estimate of drug-likeness (QED) is 0.637. The molecule has 4 atom stereocenters. The van der Waals surface area contributed by atoms with Crippen LogP contribution in [-0.2, 0) is 6.54 Å². The Morgan fingerprint density at radius 3 is 2.38 bits per heavy atom. The summed E-state index contributed by atoms with van der Waals surface area (Å²) in [5.74, 6) is -0.469. The highest BCUT2D eigenvalue weighted by Gasteiger charge is 2.59. The van der Waals surface area contributed by atoms with Crippen molar-refractivity contribution in [3.63, 3.8) is 0 Å². The second kappa shape index (κ2) is 5.98. The third-order valence-electron chi connectivity index (χ3n) is 5.49. The fourth-order valence-electron chi connectivity index (χ4n) is 4.54. The highest BCUT2D eigenvalue weighted by Crippen LogP contribution is 2.48. The van der Waals surface area contributed by atoms with Crippen LogP contribution in [0.3, 0.4) is 0 Å². The molecule has 0 saturated carbocycles. The lowest BCUT2D eigenvalue weighted by Gasteiger charge is -2.24. The molecule has 0 amide bonds. The van der Waals surface area contributed by atoms with Gasteiger partial charge in [0, 0.05) is 17.5 Å². The van der Waals surface area contributed by atoms with Crippen molar-refractivity contribution >= 4 is 0 Å². The summed E-state index contributed by atoms with van der Waals surface area (Å²) in [5, 5.41) is 11.7. The van der Waals surface area contributed by atoms with Gasteiger partial charge in [0.05, 0.1) is 12.0 Å². The number of hydrogen-bond donors (Lipinski definition) is 0. The van der Waals surface area contributed by atoms with Crippen LogP contribution in [0, 0.1) is 15.9 Å². The van der Waals surface area contributed by atoms with E-state index in [-0.39, 0.29) is 28.7 Å². The fraction of sp³-hybridized carbons (Fsp3) is 0.368. The van der Waals surface area contributed by atoms with Gasteiger partial charge in [-0.1, -0.05) is 42.5 Å². The Kier molecular flexibility index (Phi) is 3.81. The molecule has 24 heavy (non-hydrogen) atoms. The summed E-state index contributed by atoms with van der Waals surface area (Å²) < 4.78 is 13.2. The Balaban J connectivity index is 1.67. The lowest BCUT2D eigenvalue weighted by Crippen LogP contribution is -2.38. The molecule has 2 saturated heterocycles. The molecule has 0 aliphatic carbocycles. The van der Waals surface area contributed by atoms with Crippen LogP contribution < -0.4 is 0 Å². The number of fused-ring (bicyclic) bond motifs is 2. The van der Waals surface area contributed by atoms with Crippen molar-refractivity contribution in [3.8, 4) is 0 Å². The van der Waals surface area contributed by atoms with Crippen molar-refractivity contribution in [2.24, 2.45) is 0 Å². The second-order valence-corrected chi connectivity index (χ2v) is 6.72. The van der Waals surface area contributed by atoms with E-state index in [1.165, 1.54) is 17.7 Å². The van der Waals surface area contributed by atoms with Crippen LogP contribution in [0.4, 0.5) is 4.39 Å². The van der Waals surface area contributed by atoms with Gasteiger partial charge in [-0.15, -0.1) is 0 Å². The minimum absolute atomic E-state index is 0.0414. The second-order valence-electron chi connectivity index (χ2n) is 6.72. The van der Waals surface area contributed by atoms with E-state index in [0.29, 0.717) is 0 Å². The number of nitrogens with zero attached hydrogens (tertiary/aromatic N) is 2. The Morgan fingerprint density at radius 1 is 1.04 bits per heavy atom. The lowest BCUT2D eigenvalue weighted by atomic mass is 9.80. The molecule has 4 rings (SSSR count). The Bertz CT molecular complexity index is 735. The normalized spacial score (nSPS) is 29.0. The summed E-state index contributed by atoms with van der Waals surface area (Å²) in [5.41, 5.74) is 2.06. The van der Waals surface area contributed by atoms with E-state index < -0.39 is 6.04 Å². The van der Waals surface area contributed by atoms with Crippen molar-refractivity contribution in [2.75, 3.05) is 0 Å². The Labute approximate surface area is 140 Å². The Hall–Kier alpha value is -2.27. The van der Waals surface area contributed by atoms with Crippen molar-refractivity contribution in [1.29, 1.82) is 0 Å². The SMILES string of the molecule is O=[N+]([O-])[C@H]1[C@H](c2ccc(F)cc2)[C@H]2CC[C@H]1N2Cc1ccccc1. The predicted octanol–water partition coefficient (Wildman–Crippen LogP) is 3.60. The first-order valence-corrected chi connectivity index (χ1v) is 8.34. The molecule has 2 aromatic carbocycles. The topological polar surface area (TPSA) is 46.4 Å². The molecule has 0 spiro atoms. The van der Waals surface area contributed by atoms with E-state index in [4.69, 9.17) is 0 Å². The summed E-state index contributed by atoms with van der Waals surface area (Å²) >= 11 is 0. The van der Waals surface area contributed by atoms with Crippen LogP contribution in [0.15, 0.2) is 54.6 Å². The number of benzene rings is 2. The van der Waals surface area contributed by atoms with Crippen LogP contribution in [0.5, 0.6) is 0 Å². The van der Waals surface area contributed by atoms with Crippen LogP contribution in [0.1, 0.15) is 29.9 Å².